The Balaban J connectivity index is 1.98. The van der Waals surface area contributed by atoms with Crippen molar-refractivity contribution in [2.45, 2.75) is 9.79 Å². The van der Waals surface area contributed by atoms with Crippen molar-refractivity contribution in [1.82, 2.24) is 4.98 Å². The second kappa shape index (κ2) is 6.10. The van der Waals surface area contributed by atoms with E-state index in [1.807, 2.05) is 12.3 Å². The van der Waals surface area contributed by atoms with Crippen molar-refractivity contribution < 1.29 is 8.42 Å². The van der Waals surface area contributed by atoms with Crippen molar-refractivity contribution in [2.75, 3.05) is 11.0 Å². The smallest absolute Gasteiger partial charge is 0.261 e. The minimum atomic E-state index is -3.69. The third-order valence-corrected chi connectivity index (χ3v) is 5.43. The van der Waals surface area contributed by atoms with E-state index in [-0.39, 0.29) is 10.5 Å². The van der Waals surface area contributed by atoms with Crippen LogP contribution in [-0.2, 0) is 10.0 Å². The third-order valence-electron chi connectivity index (χ3n) is 3.33. The number of H-pyrrole nitrogens is 1. The van der Waals surface area contributed by atoms with Gasteiger partial charge in [0.2, 0.25) is 5.56 Å². The summed E-state index contributed by atoms with van der Waals surface area (Å²) in [5.41, 5.74) is 0.888. The number of pyridine rings is 1. The highest BCUT2D eigenvalue weighted by Gasteiger charge is 2.15. The first kappa shape index (κ1) is 15.6. The van der Waals surface area contributed by atoms with Crippen LogP contribution in [-0.4, -0.2) is 19.7 Å². The van der Waals surface area contributed by atoms with Gasteiger partial charge in [-0.3, -0.25) is 9.52 Å². The number of aromatic amines is 1. The second-order valence-electron chi connectivity index (χ2n) is 4.91. The molecule has 1 aromatic heterocycles. The van der Waals surface area contributed by atoms with Crippen LogP contribution in [0.25, 0.3) is 10.9 Å². The molecule has 2 N–H and O–H groups in total. The molecule has 0 aliphatic heterocycles. The van der Waals surface area contributed by atoms with E-state index < -0.39 is 10.0 Å². The average molecular weight is 346 g/mol. The summed E-state index contributed by atoms with van der Waals surface area (Å²) < 4.78 is 27.6. The predicted octanol–water partition coefficient (Wildman–Crippen LogP) is 3.05. The highest BCUT2D eigenvalue weighted by Crippen LogP contribution is 2.23. The van der Waals surface area contributed by atoms with E-state index in [1.54, 1.807) is 30.3 Å². The summed E-state index contributed by atoms with van der Waals surface area (Å²) in [6.07, 6.45) is 1.93. The van der Waals surface area contributed by atoms with Gasteiger partial charge in [-0.15, -0.1) is 11.8 Å². The lowest BCUT2D eigenvalue weighted by atomic mass is 10.2. The molecule has 0 fully saturated rings. The van der Waals surface area contributed by atoms with Gasteiger partial charge in [-0.1, -0.05) is 6.07 Å². The zero-order valence-corrected chi connectivity index (χ0v) is 13.9. The molecule has 118 valence electrons. The van der Waals surface area contributed by atoms with E-state index in [1.165, 1.54) is 30.0 Å². The van der Waals surface area contributed by atoms with Crippen LogP contribution in [0.15, 0.2) is 69.2 Å². The Morgan fingerprint density at radius 3 is 2.65 bits per heavy atom. The zero-order valence-electron chi connectivity index (χ0n) is 12.2. The Morgan fingerprint density at radius 2 is 1.87 bits per heavy atom. The molecule has 0 spiro atoms. The SMILES string of the molecule is CSc1cccc(NS(=O)(=O)c2ccc3[nH]c(=O)ccc3c2)c1. The van der Waals surface area contributed by atoms with Gasteiger partial charge in [0.05, 0.1) is 4.90 Å². The zero-order chi connectivity index (χ0) is 16.4. The maximum absolute atomic E-state index is 12.5. The molecule has 0 saturated carbocycles. The number of aromatic nitrogens is 1. The molecule has 23 heavy (non-hydrogen) atoms. The van der Waals surface area contributed by atoms with Gasteiger partial charge in [0.25, 0.3) is 10.0 Å². The molecule has 0 amide bonds. The monoisotopic (exact) mass is 346 g/mol. The van der Waals surface area contributed by atoms with Gasteiger partial charge in [-0.05, 0) is 54.1 Å². The number of nitrogens with one attached hydrogen (secondary N) is 2. The summed E-state index contributed by atoms with van der Waals surface area (Å²) in [6, 6.07) is 14.8. The Kier molecular flexibility index (Phi) is 4.14. The van der Waals surface area contributed by atoms with Gasteiger partial charge in [-0.2, -0.15) is 0 Å². The molecule has 0 radical (unpaired) electrons. The first-order chi connectivity index (χ1) is 11.0. The minimum absolute atomic E-state index is 0.145. The van der Waals surface area contributed by atoms with Crippen LogP contribution in [0, 0.1) is 0 Å². The predicted molar refractivity (Wildman–Crippen MR) is 93.6 cm³/mol. The Hall–Kier alpha value is -2.25. The van der Waals surface area contributed by atoms with Crippen LogP contribution in [0.5, 0.6) is 0 Å². The van der Waals surface area contributed by atoms with Crippen LogP contribution < -0.4 is 10.3 Å². The summed E-state index contributed by atoms with van der Waals surface area (Å²) in [7, 11) is -3.69. The molecular weight excluding hydrogens is 332 g/mol. The lowest BCUT2D eigenvalue weighted by molar-refractivity contribution is 0.601. The van der Waals surface area contributed by atoms with Crippen LogP contribution >= 0.6 is 11.8 Å². The van der Waals surface area contributed by atoms with Gasteiger partial charge < -0.3 is 4.98 Å². The molecule has 1 heterocycles. The van der Waals surface area contributed by atoms with Crippen LogP contribution in [0.4, 0.5) is 5.69 Å². The summed E-state index contributed by atoms with van der Waals surface area (Å²) in [5.74, 6) is 0. The van der Waals surface area contributed by atoms with Gasteiger partial charge in [0.15, 0.2) is 0 Å². The van der Waals surface area contributed by atoms with Crippen LogP contribution in [0.1, 0.15) is 0 Å². The van der Waals surface area contributed by atoms with E-state index >= 15 is 0 Å². The van der Waals surface area contributed by atoms with E-state index in [0.29, 0.717) is 16.6 Å². The first-order valence-corrected chi connectivity index (χ1v) is 9.49. The molecule has 0 bridgehead atoms. The molecule has 0 unspecified atom stereocenters. The number of hydrogen-bond donors (Lipinski definition) is 2. The minimum Gasteiger partial charge on any atom is -0.322 e. The summed E-state index contributed by atoms with van der Waals surface area (Å²) >= 11 is 1.54. The van der Waals surface area contributed by atoms with Crippen LogP contribution in [0.2, 0.25) is 0 Å². The first-order valence-electron chi connectivity index (χ1n) is 6.78. The number of hydrogen-bond acceptors (Lipinski definition) is 4. The normalized spacial score (nSPS) is 11.5. The van der Waals surface area contributed by atoms with Gasteiger partial charge in [-0.25, -0.2) is 8.42 Å². The topological polar surface area (TPSA) is 79.0 Å². The van der Waals surface area contributed by atoms with Gasteiger partial charge >= 0.3 is 0 Å². The molecule has 3 aromatic rings. The van der Waals surface area contributed by atoms with E-state index in [0.717, 1.165) is 4.90 Å². The molecule has 0 aliphatic rings. The Bertz CT molecular complexity index is 1030. The third kappa shape index (κ3) is 3.40. The molecule has 0 atom stereocenters. The lowest BCUT2D eigenvalue weighted by Crippen LogP contribution is -2.13. The van der Waals surface area contributed by atoms with Crippen molar-refractivity contribution in [3.05, 3.63) is 65.0 Å². The average Bonchev–Trinajstić information content (AvgIpc) is 2.54. The van der Waals surface area contributed by atoms with E-state index in [2.05, 4.69) is 9.71 Å². The molecule has 0 aliphatic carbocycles. The van der Waals surface area contributed by atoms with E-state index in [9.17, 15) is 13.2 Å². The molecular formula is C16H14N2O3S2. The summed E-state index contributed by atoms with van der Waals surface area (Å²) in [5, 5.41) is 0.658. The number of sulfonamides is 1. The number of benzene rings is 2. The van der Waals surface area contributed by atoms with Crippen LogP contribution in [0.3, 0.4) is 0 Å². The molecule has 3 rings (SSSR count). The van der Waals surface area contributed by atoms with Crippen molar-refractivity contribution >= 4 is 38.4 Å². The fraction of sp³-hybridized carbons (Fsp3) is 0.0625. The van der Waals surface area contributed by atoms with Crippen molar-refractivity contribution in [3.63, 3.8) is 0 Å². The largest absolute Gasteiger partial charge is 0.322 e. The van der Waals surface area contributed by atoms with Gasteiger partial charge in [0, 0.05) is 22.2 Å². The maximum atomic E-state index is 12.5. The lowest BCUT2D eigenvalue weighted by Gasteiger charge is -2.09. The molecule has 7 heteroatoms. The van der Waals surface area contributed by atoms with Crippen molar-refractivity contribution in [3.8, 4) is 0 Å². The second-order valence-corrected chi connectivity index (χ2v) is 7.47. The summed E-state index contributed by atoms with van der Waals surface area (Å²) in [4.78, 5) is 15.1. The summed E-state index contributed by atoms with van der Waals surface area (Å²) in [6.45, 7) is 0. The highest BCUT2D eigenvalue weighted by molar-refractivity contribution is 7.98. The number of thioether (sulfide) groups is 1. The fourth-order valence-electron chi connectivity index (χ4n) is 2.20. The molecule has 5 nitrogen and oxygen atoms in total. The number of fused-ring (bicyclic) bond motifs is 1. The van der Waals surface area contributed by atoms with E-state index in [4.69, 9.17) is 0 Å². The molecule has 0 saturated heterocycles. The highest BCUT2D eigenvalue weighted by atomic mass is 32.2. The van der Waals surface area contributed by atoms with Crippen molar-refractivity contribution in [1.29, 1.82) is 0 Å². The number of anilines is 1. The maximum Gasteiger partial charge on any atom is 0.261 e. The molecule has 2 aromatic carbocycles. The van der Waals surface area contributed by atoms with Gasteiger partial charge in [0.1, 0.15) is 0 Å². The fourth-order valence-corrected chi connectivity index (χ4v) is 3.74. The Labute approximate surface area is 137 Å². The Morgan fingerprint density at radius 1 is 1.04 bits per heavy atom. The quantitative estimate of drug-likeness (QED) is 0.712. The van der Waals surface area contributed by atoms with Crippen molar-refractivity contribution in [2.24, 2.45) is 0 Å². The number of rotatable bonds is 4. The standard InChI is InChI=1S/C16H14N2O3S2/c1-22-13-4-2-3-12(10-13)18-23(20,21)14-6-7-15-11(9-14)5-8-16(19)17-15/h2-10,18H,1H3,(H,17,19).